The van der Waals surface area contributed by atoms with Gasteiger partial charge in [-0.15, -0.1) is 0 Å². The van der Waals surface area contributed by atoms with Crippen LogP contribution in [-0.4, -0.2) is 19.0 Å². The molecule has 0 saturated heterocycles. The summed E-state index contributed by atoms with van der Waals surface area (Å²) in [5.41, 5.74) is 0. The highest BCUT2D eigenvalue weighted by molar-refractivity contribution is 7.80. The van der Waals surface area contributed by atoms with Crippen molar-refractivity contribution in [3.63, 3.8) is 0 Å². The summed E-state index contributed by atoms with van der Waals surface area (Å²) in [4.78, 5) is 0. The Morgan fingerprint density at radius 3 is 2.88 bits per heavy atom. The van der Waals surface area contributed by atoms with E-state index in [1.807, 2.05) is 19.1 Å². The first-order chi connectivity index (χ1) is 3.91. The van der Waals surface area contributed by atoms with Gasteiger partial charge in [-0.3, -0.25) is 0 Å². The highest BCUT2D eigenvalue weighted by Gasteiger charge is 1.76. The molecule has 8 heavy (non-hydrogen) atoms. The summed E-state index contributed by atoms with van der Waals surface area (Å²) in [7, 11) is 0. The minimum absolute atomic E-state index is 0.719. The molecule has 0 aromatic rings. The molecule has 0 spiro atoms. The fourth-order valence-electron chi connectivity index (χ4n) is 0.312. The zero-order valence-corrected chi connectivity index (χ0v) is 6.03. The van der Waals surface area contributed by atoms with Crippen LogP contribution in [0.4, 0.5) is 0 Å². The van der Waals surface area contributed by atoms with E-state index in [1.54, 1.807) is 0 Å². The fraction of sp³-hybridized carbons (Fsp3) is 0.667. The molecule has 0 heterocycles. The van der Waals surface area contributed by atoms with Crippen molar-refractivity contribution in [3.8, 4) is 0 Å². The summed E-state index contributed by atoms with van der Waals surface area (Å²) >= 11 is 3.97. The van der Waals surface area contributed by atoms with E-state index in [2.05, 4.69) is 12.6 Å². The zero-order chi connectivity index (χ0) is 6.24. The summed E-state index contributed by atoms with van der Waals surface area (Å²) in [6, 6.07) is 0. The minimum Gasteiger partial charge on any atom is -0.377 e. The van der Waals surface area contributed by atoms with Crippen molar-refractivity contribution in [2.24, 2.45) is 0 Å². The summed E-state index contributed by atoms with van der Waals surface area (Å²) in [5, 5.41) is 0. The van der Waals surface area contributed by atoms with Gasteiger partial charge < -0.3 is 4.74 Å². The number of ether oxygens (including phenoxy) is 1. The Bertz CT molecular complexity index is 61.5. The van der Waals surface area contributed by atoms with Gasteiger partial charge in [-0.05, 0) is 6.92 Å². The van der Waals surface area contributed by atoms with Crippen molar-refractivity contribution >= 4 is 12.6 Å². The second kappa shape index (κ2) is 7.05. The number of thiol groups is 1. The molecule has 0 aliphatic carbocycles. The highest BCUT2D eigenvalue weighted by atomic mass is 32.1. The lowest BCUT2D eigenvalue weighted by molar-refractivity contribution is 0.180. The lowest BCUT2D eigenvalue weighted by Gasteiger charge is -1.93. The van der Waals surface area contributed by atoms with Gasteiger partial charge in [0.2, 0.25) is 0 Å². The van der Waals surface area contributed by atoms with Crippen LogP contribution in [0.1, 0.15) is 6.92 Å². The highest BCUT2D eigenvalue weighted by Crippen LogP contribution is 1.78. The second-order valence-electron chi connectivity index (χ2n) is 1.37. The van der Waals surface area contributed by atoms with Crippen LogP contribution in [0.2, 0.25) is 0 Å². The number of rotatable bonds is 4. The van der Waals surface area contributed by atoms with Crippen molar-refractivity contribution in [2.45, 2.75) is 6.92 Å². The molecule has 1 nitrogen and oxygen atoms in total. The molecule has 0 aromatic heterocycles. The Morgan fingerprint density at radius 1 is 1.62 bits per heavy atom. The number of allylic oxidation sites excluding steroid dienone is 1. The third kappa shape index (κ3) is 6.05. The van der Waals surface area contributed by atoms with E-state index in [0.717, 1.165) is 19.0 Å². The molecule has 0 fully saturated rings. The van der Waals surface area contributed by atoms with Crippen LogP contribution in [0.5, 0.6) is 0 Å². The van der Waals surface area contributed by atoms with Gasteiger partial charge >= 0.3 is 0 Å². The normalized spacial score (nSPS) is 10.8. The monoisotopic (exact) mass is 132 g/mol. The van der Waals surface area contributed by atoms with E-state index in [4.69, 9.17) is 4.74 Å². The average Bonchev–Trinajstić information content (AvgIpc) is 1.81. The first-order valence-corrected chi connectivity index (χ1v) is 3.34. The van der Waals surface area contributed by atoms with Crippen LogP contribution in [0.25, 0.3) is 0 Å². The summed E-state index contributed by atoms with van der Waals surface area (Å²) in [6.07, 6.45) is 3.95. The van der Waals surface area contributed by atoms with Crippen LogP contribution in [0.3, 0.4) is 0 Å². The topological polar surface area (TPSA) is 9.23 Å². The number of hydrogen-bond donors (Lipinski definition) is 1. The Labute approximate surface area is 56.1 Å². The van der Waals surface area contributed by atoms with Crippen molar-refractivity contribution in [3.05, 3.63) is 12.2 Å². The SMILES string of the molecule is C/C=C/COCCS. The van der Waals surface area contributed by atoms with Gasteiger partial charge in [0.1, 0.15) is 0 Å². The van der Waals surface area contributed by atoms with Gasteiger partial charge in [0, 0.05) is 5.75 Å². The Balaban J connectivity index is 2.72. The minimum atomic E-state index is 0.719. The molecular weight excluding hydrogens is 120 g/mol. The van der Waals surface area contributed by atoms with E-state index in [0.29, 0.717) is 0 Å². The third-order valence-corrected chi connectivity index (χ3v) is 0.868. The van der Waals surface area contributed by atoms with Crippen LogP contribution in [0, 0.1) is 0 Å². The molecule has 0 unspecified atom stereocenters. The molecular formula is C6H12OS. The van der Waals surface area contributed by atoms with E-state index < -0.39 is 0 Å². The predicted molar refractivity (Wildman–Crippen MR) is 39.5 cm³/mol. The van der Waals surface area contributed by atoms with Crippen molar-refractivity contribution < 1.29 is 4.74 Å². The predicted octanol–water partition coefficient (Wildman–Crippen LogP) is 1.51. The molecule has 2 heteroatoms. The molecule has 0 radical (unpaired) electrons. The maximum atomic E-state index is 5.06. The average molecular weight is 132 g/mol. The first-order valence-electron chi connectivity index (χ1n) is 2.71. The van der Waals surface area contributed by atoms with Crippen LogP contribution in [0.15, 0.2) is 12.2 Å². The van der Waals surface area contributed by atoms with Gasteiger partial charge in [-0.1, -0.05) is 12.2 Å². The third-order valence-electron chi connectivity index (χ3n) is 0.685. The maximum absolute atomic E-state index is 5.06. The van der Waals surface area contributed by atoms with Crippen LogP contribution in [-0.2, 0) is 4.74 Å². The van der Waals surface area contributed by atoms with Crippen molar-refractivity contribution in [1.29, 1.82) is 0 Å². The Kier molecular flexibility index (Phi) is 7.09. The fourth-order valence-corrected chi connectivity index (χ4v) is 0.441. The molecule has 0 aromatic carbocycles. The number of hydrogen-bond acceptors (Lipinski definition) is 2. The molecule has 0 amide bonds. The smallest absolute Gasteiger partial charge is 0.0647 e. The van der Waals surface area contributed by atoms with Gasteiger partial charge in [0.25, 0.3) is 0 Å². The summed E-state index contributed by atoms with van der Waals surface area (Å²) < 4.78 is 5.06. The quantitative estimate of drug-likeness (QED) is 0.346. The summed E-state index contributed by atoms with van der Waals surface area (Å²) in [5.74, 6) is 0.803. The second-order valence-corrected chi connectivity index (χ2v) is 1.81. The first kappa shape index (κ1) is 8.05. The molecule has 0 aliphatic rings. The molecule has 0 N–H and O–H groups in total. The lowest BCUT2D eigenvalue weighted by atomic mass is 10.5. The molecule has 0 bridgehead atoms. The van der Waals surface area contributed by atoms with Gasteiger partial charge in [-0.25, -0.2) is 0 Å². The van der Waals surface area contributed by atoms with Gasteiger partial charge in [0.05, 0.1) is 13.2 Å². The van der Waals surface area contributed by atoms with Gasteiger partial charge in [-0.2, -0.15) is 12.6 Å². The van der Waals surface area contributed by atoms with Crippen molar-refractivity contribution in [1.82, 2.24) is 0 Å². The molecule has 48 valence electrons. The lowest BCUT2D eigenvalue weighted by Crippen LogP contribution is -1.93. The largest absolute Gasteiger partial charge is 0.377 e. The van der Waals surface area contributed by atoms with Crippen molar-refractivity contribution in [2.75, 3.05) is 19.0 Å². The Hall–Kier alpha value is 0.0500. The molecule has 0 rings (SSSR count). The van der Waals surface area contributed by atoms with Gasteiger partial charge in [0.15, 0.2) is 0 Å². The van der Waals surface area contributed by atoms with E-state index in [1.165, 1.54) is 0 Å². The molecule has 0 aliphatic heterocycles. The zero-order valence-electron chi connectivity index (χ0n) is 5.13. The Morgan fingerprint density at radius 2 is 2.38 bits per heavy atom. The van der Waals surface area contributed by atoms with E-state index in [9.17, 15) is 0 Å². The van der Waals surface area contributed by atoms with Crippen LogP contribution < -0.4 is 0 Å². The molecule has 0 atom stereocenters. The molecule has 0 saturated carbocycles. The van der Waals surface area contributed by atoms with E-state index in [-0.39, 0.29) is 0 Å². The summed E-state index contributed by atoms with van der Waals surface area (Å²) in [6.45, 7) is 3.44. The maximum Gasteiger partial charge on any atom is 0.0647 e. The van der Waals surface area contributed by atoms with Crippen LogP contribution >= 0.6 is 12.6 Å². The van der Waals surface area contributed by atoms with E-state index >= 15 is 0 Å². The standard InChI is InChI=1S/C6H12OS/c1-2-3-4-7-5-6-8/h2-3,8H,4-6H2,1H3/b3-2+.